The largest absolute Gasteiger partial charge is 0.350 e. The van der Waals surface area contributed by atoms with E-state index in [1.54, 1.807) is 4.90 Å². The zero-order valence-electron chi connectivity index (χ0n) is 19.5. The number of amides is 2. The van der Waals surface area contributed by atoms with E-state index < -0.39 is 6.04 Å². The minimum Gasteiger partial charge on any atom is -0.350 e. The van der Waals surface area contributed by atoms with E-state index in [4.69, 9.17) is 0 Å². The first-order chi connectivity index (χ1) is 14.0. The van der Waals surface area contributed by atoms with Gasteiger partial charge in [-0.1, -0.05) is 60.5 Å². The first-order valence-corrected chi connectivity index (χ1v) is 10.7. The maximum absolute atomic E-state index is 13.5. The number of hydrogen-bond acceptors (Lipinski definition) is 2. The molecule has 0 unspecified atom stereocenters. The Morgan fingerprint density at radius 2 is 1.67 bits per heavy atom. The Bertz CT molecular complexity index is 896. The molecule has 0 fully saturated rings. The summed E-state index contributed by atoms with van der Waals surface area (Å²) in [7, 11) is 0. The lowest BCUT2D eigenvalue weighted by Gasteiger charge is -2.33. The summed E-state index contributed by atoms with van der Waals surface area (Å²) in [5, 5.41) is 3.05. The summed E-state index contributed by atoms with van der Waals surface area (Å²) in [4.78, 5) is 28.3. The van der Waals surface area contributed by atoms with Crippen molar-refractivity contribution in [1.29, 1.82) is 0 Å². The van der Waals surface area contributed by atoms with Crippen LogP contribution in [0.1, 0.15) is 61.9 Å². The van der Waals surface area contributed by atoms with Crippen LogP contribution in [0.3, 0.4) is 0 Å². The van der Waals surface area contributed by atoms with Gasteiger partial charge >= 0.3 is 0 Å². The molecule has 0 aliphatic rings. The number of nitrogens with zero attached hydrogens (tertiary/aromatic N) is 1. The second-order valence-corrected chi connectivity index (χ2v) is 9.28. The van der Waals surface area contributed by atoms with Crippen molar-refractivity contribution in [2.24, 2.45) is 0 Å². The van der Waals surface area contributed by atoms with Gasteiger partial charge in [0, 0.05) is 12.1 Å². The lowest BCUT2D eigenvalue weighted by Crippen LogP contribution is -2.53. The van der Waals surface area contributed by atoms with Crippen LogP contribution in [0.4, 0.5) is 0 Å². The Morgan fingerprint density at radius 1 is 1.00 bits per heavy atom. The Kier molecular flexibility index (Phi) is 7.83. The molecule has 0 saturated carbocycles. The summed E-state index contributed by atoms with van der Waals surface area (Å²) < 4.78 is 0. The number of carbonyl (C=O) groups is 2. The van der Waals surface area contributed by atoms with Crippen LogP contribution in [0.2, 0.25) is 0 Å². The molecule has 0 aliphatic carbocycles. The second-order valence-electron chi connectivity index (χ2n) is 9.28. The molecule has 4 heteroatoms. The summed E-state index contributed by atoms with van der Waals surface area (Å²) in [6.07, 6.45) is 0.852. The van der Waals surface area contributed by atoms with Crippen molar-refractivity contribution in [2.45, 2.75) is 79.4 Å². The third-order valence-corrected chi connectivity index (χ3v) is 5.17. The van der Waals surface area contributed by atoms with Crippen LogP contribution in [0.25, 0.3) is 0 Å². The van der Waals surface area contributed by atoms with Crippen LogP contribution in [-0.4, -0.2) is 28.3 Å². The first-order valence-electron chi connectivity index (χ1n) is 10.7. The van der Waals surface area contributed by atoms with Gasteiger partial charge in [0.2, 0.25) is 11.8 Å². The highest BCUT2D eigenvalue weighted by Gasteiger charge is 2.30. The fraction of sp³-hybridized carbons (Fsp3) is 0.462. The maximum atomic E-state index is 13.5. The van der Waals surface area contributed by atoms with Gasteiger partial charge in [-0.25, -0.2) is 0 Å². The predicted molar refractivity (Wildman–Crippen MR) is 123 cm³/mol. The van der Waals surface area contributed by atoms with Crippen LogP contribution < -0.4 is 5.32 Å². The lowest BCUT2D eigenvalue weighted by molar-refractivity contribution is -0.141. The van der Waals surface area contributed by atoms with Crippen molar-refractivity contribution in [1.82, 2.24) is 10.2 Å². The number of aryl methyl sites for hydroxylation is 3. The number of benzene rings is 2. The van der Waals surface area contributed by atoms with Crippen molar-refractivity contribution < 1.29 is 9.59 Å². The van der Waals surface area contributed by atoms with Gasteiger partial charge < -0.3 is 10.2 Å². The van der Waals surface area contributed by atoms with Gasteiger partial charge in [-0.3, -0.25) is 9.59 Å². The molecule has 0 aromatic heterocycles. The highest BCUT2D eigenvalue weighted by atomic mass is 16.2. The average Bonchev–Trinajstić information content (AvgIpc) is 2.63. The average molecular weight is 409 g/mol. The van der Waals surface area contributed by atoms with Crippen molar-refractivity contribution in [2.75, 3.05) is 0 Å². The predicted octanol–water partition coefficient (Wildman–Crippen LogP) is 4.88. The van der Waals surface area contributed by atoms with E-state index in [1.165, 1.54) is 0 Å². The molecule has 2 rings (SSSR count). The van der Waals surface area contributed by atoms with Crippen LogP contribution in [0, 0.1) is 20.8 Å². The molecule has 2 aromatic carbocycles. The van der Waals surface area contributed by atoms with Crippen molar-refractivity contribution in [3.63, 3.8) is 0 Å². The molecule has 0 aliphatic heterocycles. The van der Waals surface area contributed by atoms with Gasteiger partial charge in [-0.15, -0.1) is 0 Å². The Balaban J connectivity index is 2.36. The fourth-order valence-electron chi connectivity index (χ4n) is 3.63. The molecule has 2 amide bonds. The number of hydrogen-bond donors (Lipinski definition) is 1. The quantitative estimate of drug-likeness (QED) is 0.710. The van der Waals surface area contributed by atoms with E-state index in [0.717, 1.165) is 27.8 Å². The molecule has 1 N–H and O–H groups in total. The summed E-state index contributed by atoms with van der Waals surface area (Å²) in [6.45, 7) is 14.3. The molecule has 30 heavy (non-hydrogen) atoms. The van der Waals surface area contributed by atoms with Crippen LogP contribution in [-0.2, 0) is 22.6 Å². The van der Waals surface area contributed by atoms with Gasteiger partial charge in [0.05, 0.1) is 6.42 Å². The molecule has 0 heterocycles. The normalized spacial score (nSPS) is 12.4. The summed E-state index contributed by atoms with van der Waals surface area (Å²) >= 11 is 0. The Hall–Kier alpha value is -2.62. The molecular weight excluding hydrogens is 372 g/mol. The molecule has 4 nitrogen and oxygen atoms in total. The third kappa shape index (κ3) is 6.72. The molecule has 1 atom stereocenters. The number of rotatable bonds is 7. The number of carbonyl (C=O) groups excluding carboxylic acids is 2. The van der Waals surface area contributed by atoms with E-state index in [0.29, 0.717) is 19.4 Å². The van der Waals surface area contributed by atoms with Crippen molar-refractivity contribution in [3.05, 3.63) is 70.3 Å². The van der Waals surface area contributed by atoms with Gasteiger partial charge in [0.1, 0.15) is 6.04 Å². The molecular formula is C26H36N2O2. The van der Waals surface area contributed by atoms with Gasteiger partial charge in [0.15, 0.2) is 0 Å². The lowest BCUT2D eigenvalue weighted by atomic mass is 10.0. The summed E-state index contributed by atoms with van der Waals surface area (Å²) in [6, 6.07) is 13.8. The van der Waals surface area contributed by atoms with Crippen LogP contribution >= 0.6 is 0 Å². The molecule has 0 saturated heterocycles. The van der Waals surface area contributed by atoms with Crippen LogP contribution in [0.5, 0.6) is 0 Å². The molecule has 2 aromatic rings. The molecule has 162 valence electrons. The fourth-order valence-corrected chi connectivity index (χ4v) is 3.63. The van der Waals surface area contributed by atoms with E-state index in [-0.39, 0.29) is 17.4 Å². The van der Waals surface area contributed by atoms with Gasteiger partial charge in [-0.05, 0) is 64.7 Å². The monoisotopic (exact) mass is 408 g/mol. The summed E-state index contributed by atoms with van der Waals surface area (Å²) in [5.41, 5.74) is 5.06. The van der Waals surface area contributed by atoms with E-state index >= 15 is 0 Å². The van der Waals surface area contributed by atoms with Gasteiger partial charge in [-0.2, -0.15) is 0 Å². The molecule has 0 bridgehead atoms. The third-order valence-electron chi connectivity index (χ3n) is 5.17. The van der Waals surface area contributed by atoms with E-state index in [2.05, 4.69) is 23.5 Å². The second kappa shape index (κ2) is 9.92. The standard InChI is InChI=1S/C26H36N2O2/c1-8-23(25(30)27-26(5,6)7)28(17-21-11-9-10-18(2)14-21)24(29)16-22-15-19(3)12-13-20(22)4/h9-15,23H,8,16-17H2,1-7H3,(H,27,30)/t23-/m0/s1. The SMILES string of the molecule is CC[C@@H](C(=O)NC(C)(C)C)N(Cc1cccc(C)c1)C(=O)Cc1cc(C)ccc1C. The zero-order chi connectivity index (χ0) is 22.5. The number of nitrogens with one attached hydrogen (secondary N) is 1. The highest BCUT2D eigenvalue weighted by Crippen LogP contribution is 2.18. The topological polar surface area (TPSA) is 49.4 Å². The highest BCUT2D eigenvalue weighted by molar-refractivity contribution is 5.89. The van der Waals surface area contributed by atoms with Gasteiger partial charge in [0.25, 0.3) is 0 Å². The minimum atomic E-state index is -0.512. The van der Waals surface area contributed by atoms with Crippen LogP contribution in [0.15, 0.2) is 42.5 Å². The zero-order valence-corrected chi connectivity index (χ0v) is 19.5. The smallest absolute Gasteiger partial charge is 0.243 e. The summed E-state index contributed by atoms with van der Waals surface area (Å²) in [5.74, 6) is -0.131. The Labute approximate surface area is 181 Å². The molecule has 0 spiro atoms. The van der Waals surface area contributed by atoms with Crippen molar-refractivity contribution in [3.8, 4) is 0 Å². The maximum Gasteiger partial charge on any atom is 0.243 e. The molecule has 0 radical (unpaired) electrons. The van der Waals surface area contributed by atoms with E-state index in [9.17, 15) is 9.59 Å². The van der Waals surface area contributed by atoms with Crippen molar-refractivity contribution >= 4 is 11.8 Å². The van der Waals surface area contributed by atoms with E-state index in [1.807, 2.05) is 72.7 Å². The first kappa shape index (κ1) is 23.7. The Morgan fingerprint density at radius 3 is 2.27 bits per heavy atom. The minimum absolute atomic E-state index is 0.0267.